The highest BCUT2D eigenvalue weighted by Crippen LogP contribution is 2.37. The Balaban J connectivity index is 1.47. The topological polar surface area (TPSA) is 88.3 Å². The minimum atomic E-state index is -0.972. The van der Waals surface area contributed by atoms with Crippen molar-refractivity contribution in [1.29, 1.82) is 0 Å². The lowest BCUT2D eigenvalue weighted by Crippen LogP contribution is -2.52. The molecule has 1 amide bonds. The molecule has 1 saturated carbocycles. The van der Waals surface area contributed by atoms with Gasteiger partial charge in [-0.05, 0) is 44.1 Å². The second-order valence-electron chi connectivity index (χ2n) is 7.55. The SMILES string of the molecule is Cc1nnc2n1CC(C(=O)O)N(C(=O)C1CCC(c3ccccc3)CC1)C2. The largest absolute Gasteiger partial charge is 0.480 e. The lowest BCUT2D eigenvalue weighted by atomic mass is 9.78. The number of aryl methyl sites for hydroxylation is 1. The fourth-order valence-corrected chi connectivity index (χ4v) is 4.39. The molecule has 1 aromatic heterocycles. The summed E-state index contributed by atoms with van der Waals surface area (Å²) in [5, 5.41) is 17.8. The fourth-order valence-electron chi connectivity index (χ4n) is 4.39. The maximum Gasteiger partial charge on any atom is 0.328 e. The van der Waals surface area contributed by atoms with Crippen molar-refractivity contribution in [2.24, 2.45) is 5.92 Å². The first-order valence-corrected chi connectivity index (χ1v) is 9.51. The van der Waals surface area contributed by atoms with Crippen LogP contribution in [0.15, 0.2) is 30.3 Å². The molecular weight excluding hydrogens is 344 g/mol. The summed E-state index contributed by atoms with van der Waals surface area (Å²) in [5.41, 5.74) is 1.33. The fraction of sp³-hybridized carbons (Fsp3) is 0.500. The number of amides is 1. The van der Waals surface area contributed by atoms with Gasteiger partial charge in [0.2, 0.25) is 5.91 Å². The summed E-state index contributed by atoms with van der Waals surface area (Å²) < 4.78 is 1.80. The van der Waals surface area contributed by atoms with E-state index in [4.69, 9.17) is 0 Å². The second-order valence-corrected chi connectivity index (χ2v) is 7.55. The average Bonchev–Trinajstić information content (AvgIpc) is 3.07. The summed E-state index contributed by atoms with van der Waals surface area (Å²) >= 11 is 0. The summed E-state index contributed by atoms with van der Waals surface area (Å²) in [6, 6.07) is 9.56. The summed E-state index contributed by atoms with van der Waals surface area (Å²) in [4.78, 5) is 26.4. The van der Waals surface area contributed by atoms with Crippen LogP contribution in [0.2, 0.25) is 0 Å². The van der Waals surface area contributed by atoms with E-state index in [1.165, 1.54) is 10.5 Å². The van der Waals surface area contributed by atoms with E-state index in [-0.39, 0.29) is 24.9 Å². The monoisotopic (exact) mass is 368 g/mol. The molecule has 1 aliphatic heterocycles. The Hall–Kier alpha value is -2.70. The highest BCUT2D eigenvalue weighted by atomic mass is 16.4. The molecule has 7 heteroatoms. The Morgan fingerprint density at radius 1 is 1.07 bits per heavy atom. The number of benzene rings is 1. The average molecular weight is 368 g/mol. The highest BCUT2D eigenvalue weighted by molar-refractivity contribution is 5.85. The van der Waals surface area contributed by atoms with Crippen LogP contribution in [0.1, 0.15) is 48.8 Å². The zero-order chi connectivity index (χ0) is 19.0. The standard InChI is InChI=1S/C20H24N4O3/c1-13-21-22-18-12-24(17(20(26)27)11-23(13)18)19(25)16-9-7-15(8-10-16)14-5-3-2-4-6-14/h2-6,15-17H,7-12H2,1H3,(H,26,27). The molecule has 1 fully saturated rings. The van der Waals surface area contributed by atoms with Gasteiger partial charge >= 0.3 is 5.97 Å². The molecule has 0 spiro atoms. The molecule has 0 saturated heterocycles. The van der Waals surface area contributed by atoms with Crippen molar-refractivity contribution in [1.82, 2.24) is 19.7 Å². The number of nitrogens with zero attached hydrogens (tertiary/aromatic N) is 4. The van der Waals surface area contributed by atoms with E-state index < -0.39 is 12.0 Å². The van der Waals surface area contributed by atoms with Crippen molar-refractivity contribution in [2.75, 3.05) is 0 Å². The van der Waals surface area contributed by atoms with Crippen LogP contribution < -0.4 is 0 Å². The minimum Gasteiger partial charge on any atom is -0.480 e. The normalized spacial score (nSPS) is 25.1. The molecule has 7 nitrogen and oxygen atoms in total. The van der Waals surface area contributed by atoms with Crippen molar-refractivity contribution in [2.45, 2.75) is 57.7 Å². The molecule has 4 rings (SSSR count). The lowest BCUT2D eigenvalue weighted by molar-refractivity contribution is -0.155. The smallest absolute Gasteiger partial charge is 0.328 e. The maximum absolute atomic E-state index is 13.1. The van der Waals surface area contributed by atoms with E-state index in [0.29, 0.717) is 17.6 Å². The van der Waals surface area contributed by atoms with Crippen molar-refractivity contribution in [3.8, 4) is 0 Å². The van der Waals surface area contributed by atoms with E-state index in [9.17, 15) is 14.7 Å². The highest BCUT2D eigenvalue weighted by Gasteiger charge is 2.39. The third kappa shape index (κ3) is 3.34. The molecule has 2 heterocycles. The summed E-state index contributed by atoms with van der Waals surface area (Å²) in [7, 11) is 0. The summed E-state index contributed by atoms with van der Waals surface area (Å²) in [5.74, 6) is 0.698. The van der Waals surface area contributed by atoms with Gasteiger partial charge in [0.05, 0.1) is 13.1 Å². The third-order valence-corrected chi connectivity index (χ3v) is 5.97. The van der Waals surface area contributed by atoms with Gasteiger partial charge in [-0.25, -0.2) is 4.79 Å². The van der Waals surface area contributed by atoms with Crippen LogP contribution in [-0.2, 0) is 22.7 Å². The first-order chi connectivity index (χ1) is 13.0. The molecule has 1 aromatic carbocycles. The third-order valence-electron chi connectivity index (χ3n) is 5.97. The Bertz CT molecular complexity index is 840. The van der Waals surface area contributed by atoms with Gasteiger partial charge in [0.15, 0.2) is 5.82 Å². The van der Waals surface area contributed by atoms with Gasteiger partial charge in [-0.3, -0.25) is 4.79 Å². The molecule has 1 N–H and O–H groups in total. The first kappa shape index (κ1) is 17.7. The van der Waals surface area contributed by atoms with Crippen molar-refractivity contribution in [3.05, 3.63) is 47.5 Å². The Labute approximate surface area is 158 Å². The molecular formula is C20H24N4O3. The van der Waals surface area contributed by atoms with Crippen LogP contribution in [0.5, 0.6) is 0 Å². The van der Waals surface area contributed by atoms with Gasteiger partial charge in [0.25, 0.3) is 0 Å². The molecule has 27 heavy (non-hydrogen) atoms. The number of aliphatic carboxylic acids is 1. The maximum atomic E-state index is 13.1. The van der Waals surface area contributed by atoms with Gasteiger partial charge < -0.3 is 14.6 Å². The predicted molar refractivity (Wildman–Crippen MR) is 97.9 cm³/mol. The number of hydrogen-bond acceptors (Lipinski definition) is 4. The van der Waals surface area contributed by atoms with Gasteiger partial charge in [-0.15, -0.1) is 10.2 Å². The number of rotatable bonds is 3. The van der Waals surface area contributed by atoms with Gasteiger partial charge in [0, 0.05) is 5.92 Å². The lowest BCUT2D eigenvalue weighted by Gasteiger charge is -2.37. The van der Waals surface area contributed by atoms with E-state index in [1.54, 1.807) is 11.5 Å². The van der Waals surface area contributed by atoms with Crippen LogP contribution >= 0.6 is 0 Å². The first-order valence-electron chi connectivity index (χ1n) is 9.51. The van der Waals surface area contributed by atoms with Crippen LogP contribution in [0, 0.1) is 12.8 Å². The number of hydrogen-bond donors (Lipinski definition) is 1. The number of aromatic nitrogens is 3. The number of fused-ring (bicyclic) bond motifs is 1. The molecule has 1 unspecified atom stereocenters. The van der Waals surface area contributed by atoms with E-state index >= 15 is 0 Å². The molecule has 1 aliphatic carbocycles. The Morgan fingerprint density at radius 3 is 2.44 bits per heavy atom. The van der Waals surface area contributed by atoms with Crippen molar-refractivity contribution < 1.29 is 14.7 Å². The van der Waals surface area contributed by atoms with Crippen LogP contribution in [0.25, 0.3) is 0 Å². The van der Waals surface area contributed by atoms with E-state index in [0.717, 1.165) is 25.7 Å². The van der Waals surface area contributed by atoms with Gasteiger partial charge in [-0.1, -0.05) is 30.3 Å². The molecule has 142 valence electrons. The molecule has 2 aromatic rings. The zero-order valence-corrected chi connectivity index (χ0v) is 15.4. The van der Waals surface area contributed by atoms with Crippen molar-refractivity contribution in [3.63, 3.8) is 0 Å². The molecule has 0 bridgehead atoms. The number of carbonyl (C=O) groups is 2. The summed E-state index contributed by atoms with van der Waals surface area (Å²) in [6.45, 7) is 2.24. The van der Waals surface area contributed by atoms with Crippen molar-refractivity contribution >= 4 is 11.9 Å². The number of carbonyl (C=O) groups excluding carboxylic acids is 1. The quantitative estimate of drug-likeness (QED) is 0.898. The van der Waals surface area contributed by atoms with Gasteiger partial charge in [0.1, 0.15) is 11.9 Å². The Kier molecular flexibility index (Phi) is 4.68. The van der Waals surface area contributed by atoms with Gasteiger partial charge in [-0.2, -0.15) is 0 Å². The van der Waals surface area contributed by atoms with Crippen LogP contribution in [0.4, 0.5) is 0 Å². The van der Waals surface area contributed by atoms with Crippen LogP contribution in [0.3, 0.4) is 0 Å². The predicted octanol–water partition coefficient (Wildman–Crippen LogP) is 2.36. The molecule has 2 aliphatic rings. The zero-order valence-electron chi connectivity index (χ0n) is 15.4. The summed E-state index contributed by atoms with van der Waals surface area (Å²) in [6.07, 6.45) is 3.52. The number of carboxylic acids is 1. The van der Waals surface area contributed by atoms with E-state index in [2.05, 4.69) is 34.5 Å². The van der Waals surface area contributed by atoms with E-state index in [1.807, 2.05) is 6.07 Å². The molecule has 0 radical (unpaired) electrons. The number of carboxylic acid groups (broad SMARTS) is 1. The van der Waals surface area contributed by atoms with Crippen LogP contribution in [-0.4, -0.2) is 42.7 Å². The minimum absolute atomic E-state index is 0.0548. The molecule has 1 atom stereocenters. The second kappa shape index (κ2) is 7.13. The Morgan fingerprint density at radius 2 is 1.78 bits per heavy atom.